The van der Waals surface area contributed by atoms with Gasteiger partial charge in [-0.1, -0.05) is 91.0 Å². The molecule has 0 aliphatic carbocycles. The fourth-order valence-corrected chi connectivity index (χ4v) is 4.58. The second-order valence-electron chi connectivity index (χ2n) is 7.51. The number of benzene rings is 4. The van der Waals surface area contributed by atoms with Crippen molar-refractivity contribution in [3.63, 3.8) is 0 Å². The van der Waals surface area contributed by atoms with Crippen molar-refractivity contribution >= 4 is 44.6 Å². The molecule has 0 bridgehead atoms. The third-order valence-electron chi connectivity index (χ3n) is 5.24. The molecule has 164 valence electrons. The number of carbonyl (C=O) groups excluding carboxylic acids is 2. The Morgan fingerprint density at radius 2 is 1.15 bits per heavy atom. The number of allylic oxidation sites excluding steroid dienone is 1. The van der Waals surface area contributed by atoms with E-state index in [9.17, 15) is 9.59 Å². The Morgan fingerprint density at radius 3 is 1.76 bits per heavy atom. The van der Waals surface area contributed by atoms with Crippen LogP contribution in [0.25, 0.3) is 21.5 Å². The molecule has 4 aromatic carbocycles. The molecule has 0 spiro atoms. The van der Waals surface area contributed by atoms with Crippen LogP contribution in [-0.2, 0) is 4.74 Å². The number of ketones is 1. The van der Waals surface area contributed by atoms with Gasteiger partial charge in [-0.25, -0.2) is 9.78 Å². The Morgan fingerprint density at radius 1 is 0.618 bits per heavy atom. The maximum absolute atomic E-state index is 13.9. The van der Waals surface area contributed by atoms with Crippen LogP contribution in [0.15, 0.2) is 115 Å². The molecule has 4 nitrogen and oxygen atoms in total. The molecule has 34 heavy (non-hydrogen) atoms. The number of carbonyl (C=O) groups is 2. The third-order valence-corrected chi connectivity index (χ3v) is 6.29. The Bertz CT molecular complexity index is 1460. The predicted molar refractivity (Wildman–Crippen MR) is 136 cm³/mol. The molecule has 0 unspecified atom stereocenters. The van der Waals surface area contributed by atoms with Crippen LogP contribution < -0.4 is 0 Å². The van der Waals surface area contributed by atoms with E-state index in [-0.39, 0.29) is 17.1 Å². The Kier molecular flexibility index (Phi) is 6.10. The highest BCUT2D eigenvalue weighted by Gasteiger charge is 2.27. The lowest BCUT2D eigenvalue weighted by Crippen LogP contribution is -2.11. The zero-order valence-corrected chi connectivity index (χ0v) is 18.9. The first-order chi connectivity index (χ1) is 16.7. The summed E-state index contributed by atoms with van der Waals surface area (Å²) in [6.07, 6.45) is 0. The number of nitrogens with zero attached hydrogens (tertiary/aromatic N) is 1. The van der Waals surface area contributed by atoms with Crippen LogP contribution in [0.3, 0.4) is 0 Å². The van der Waals surface area contributed by atoms with Crippen molar-refractivity contribution in [2.45, 2.75) is 0 Å². The van der Waals surface area contributed by atoms with Crippen molar-refractivity contribution in [1.82, 2.24) is 4.98 Å². The molecule has 1 heterocycles. The highest BCUT2D eigenvalue weighted by atomic mass is 32.1. The Labute approximate surface area is 200 Å². The topological polar surface area (TPSA) is 56.3 Å². The molecule has 0 N–H and O–H groups in total. The maximum Gasteiger partial charge on any atom is 0.343 e. The van der Waals surface area contributed by atoms with Gasteiger partial charge >= 0.3 is 5.97 Å². The maximum atomic E-state index is 13.9. The number of hydrogen-bond acceptors (Lipinski definition) is 5. The lowest BCUT2D eigenvalue weighted by molar-refractivity contribution is 0.0693. The van der Waals surface area contributed by atoms with Crippen LogP contribution in [0.2, 0.25) is 0 Å². The van der Waals surface area contributed by atoms with E-state index in [4.69, 9.17) is 9.72 Å². The van der Waals surface area contributed by atoms with Gasteiger partial charge in [0.05, 0.1) is 15.8 Å². The zero-order valence-electron chi connectivity index (χ0n) is 18.0. The standard InChI is InChI=1S/C29H19NO3S/c31-26(20-12-4-1-5-13-20)25(28-30-23-18-10-11-19-24(23)34-28)27(21-14-6-2-7-15-21)33-29(32)22-16-8-3-9-17-22/h1-19H. The predicted octanol–water partition coefficient (Wildman–Crippen LogP) is 6.90. The van der Waals surface area contributed by atoms with Crippen LogP contribution in [0.5, 0.6) is 0 Å². The zero-order chi connectivity index (χ0) is 23.3. The van der Waals surface area contributed by atoms with E-state index in [1.807, 2.05) is 66.7 Å². The molecule has 0 saturated carbocycles. The summed E-state index contributed by atoms with van der Waals surface area (Å²) in [4.78, 5) is 31.7. The SMILES string of the molecule is O=C(OC(=C(C(=O)c1ccccc1)c1nc2ccccc2s1)c1ccccc1)c1ccccc1. The van der Waals surface area contributed by atoms with Gasteiger partial charge in [-0.15, -0.1) is 11.3 Å². The first-order valence-corrected chi connectivity index (χ1v) is 11.5. The summed E-state index contributed by atoms with van der Waals surface area (Å²) in [5.41, 5.74) is 2.53. The van der Waals surface area contributed by atoms with E-state index in [0.717, 1.165) is 10.2 Å². The van der Waals surface area contributed by atoms with Gasteiger partial charge in [-0.3, -0.25) is 4.79 Å². The number of rotatable bonds is 6. The van der Waals surface area contributed by atoms with Crippen molar-refractivity contribution in [1.29, 1.82) is 0 Å². The molecule has 0 radical (unpaired) electrons. The minimum atomic E-state index is -0.543. The van der Waals surface area contributed by atoms with Crippen LogP contribution >= 0.6 is 11.3 Å². The molecule has 0 aliphatic heterocycles. The highest BCUT2D eigenvalue weighted by Crippen LogP contribution is 2.35. The largest absolute Gasteiger partial charge is 0.421 e. The normalized spacial score (nSPS) is 11.6. The van der Waals surface area contributed by atoms with E-state index >= 15 is 0 Å². The highest BCUT2D eigenvalue weighted by molar-refractivity contribution is 7.20. The van der Waals surface area contributed by atoms with Gasteiger partial charge < -0.3 is 4.74 Å². The lowest BCUT2D eigenvalue weighted by Gasteiger charge is -2.14. The molecule has 5 aromatic rings. The fraction of sp³-hybridized carbons (Fsp3) is 0. The lowest BCUT2D eigenvalue weighted by atomic mass is 9.99. The smallest absolute Gasteiger partial charge is 0.343 e. The minimum absolute atomic E-state index is 0.183. The van der Waals surface area contributed by atoms with Crippen molar-refractivity contribution in [2.75, 3.05) is 0 Å². The van der Waals surface area contributed by atoms with Crippen LogP contribution in [0.4, 0.5) is 0 Å². The molecular weight excluding hydrogens is 442 g/mol. The van der Waals surface area contributed by atoms with Gasteiger partial charge in [0.1, 0.15) is 10.6 Å². The number of aromatic nitrogens is 1. The average molecular weight is 462 g/mol. The second-order valence-corrected chi connectivity index (χ2v) is 8.54. The number of Topliss-reactive ketones (excluding diaryl/α,β-unsaturated/α-hetero) is 1. The van der Waals surface area contributed by atoms with Gasteiger partial charge in [-0.2, -0.15) is 0 Å². The van der Waals surface area contributed by atoms with Crippen molar-refractivity contribution in [3.05, 3.63) is 137 Å². The third kappa shape index (κ3) is 4.42. The monoisotopic (exact) mass is 461 g/mol. The second kappa shape index (κ2) is 9.65. The van der Waals surface area contributed by atoms with E-state index in [1.54, 1.807) is 48.5 Å². The Balaban J connectivity index is 1.75. The average Bonchev–Trinajstić information content (AvgIpc) is 3.33. The summed E-state index contributed by atoms with van der Waals surface area (Å²) in [7, 11) is 0. The molecule has 0 fully saturated rings. The first kappa shape index (κ1) is 21.5. The number of esters is 1. The number of hydrogen-bond donors (Lipinski definition) is 0. The molecule has 5 rings (SSSR count). The van der Waals surface area contributed by atoms with E-state index in [2.05, 4.69) is 0 Å². The van der Waals surface area contributed by atoms with E-state index < -0.39 is 5.97 Å². The Hall–Kier alpha value is -4.35. The fourth-order valence-electron chi connectivity index (χ4n) is 3.58. The summed E-state index contributed by atoms with van der Waals surface area (Å²) in [6, 6.07) is 34.6. The summed E-state index contributed by atoms with van der Waals surface area (Å²) < 4.78 is 6.91. The van der Waals surface area contributed by atoms with Gasteiger partial charge in [0, 0.05) is 11.1 Å². The van der Waals surface area contributed by atoms with Crippen molar-refractivity contribution < 1.29 is 14.3 Å². The van der Waals surface area contributed by atoms with Crippen molar-refractivity contribution in [3.8, 4) is 0 Å². The van der Waals surface area contributed by atoms with Crippen molar-refractivity contribution in [2.24, 2.45) is 0 Å². The van der Waals surface area contributed by atoms with E-state index in [0.29, 0.717) is 21.7 Å². The molecule has 0 atom stereocenters. The summed E-state index contributed by atoms with van der Waals surface area (Å²) in [6.45, 7) is 0. The summed E-state index contributed by atoms with van der Waals surface area (Å²) in [5.74, 6) is -0.624. The number of thiazole rings is 1. The molecular formula is C29H19NO3S. The summed E-state index contributed by atoms with van der Waals surface area (Å²) in [5, 5.41) is 0.495. The molecule has 0 saturated heterocycles. The van der Waals surface area contributed by atoms with Crippen LogP contribution in [0, 0.1) is 0 Å². The molecule has 5 heteroatoms. The molecule has 0 amide bonds. The molecule has 0 aliphatic rings. The van der Waals surface area contributed by atoms with Crippen LogP contribution in [0.1, 0.15) is 31.3 Å². The van der Waals surface area contributed by atoms with Gasteiger partial charge in [-0.05, 0) is 24.3 Å². The van der Waals surface area contributed by atoms with Gasteiger partial charge in [0.25, 0.3) is 0 Å². The van der Waals surface area contributed by atoms with Crippen LogP contribution in [-0.4, -0.2) is 16.7 Å². The van der Waals surface area contributed by atoms with Gasteiger partial charge in [0.2, 0.25) is 0 Å². The molecule has 1 aromatic heterocycles. The quantitative estimate of drug-likeness (QED) is 0.119. The number of ether oxygens (including phenoxy) is 1. The minimum Gasteiger partial charge on any atom is -0.421 e. The van der Waals surface area contributed by atoms with Gasteiger partial charge in [0.15, 0.2) is 11.5 Å². The number of para-hydroxylation sites is 1. The first-order valence-electron chi connectivity index (χ1n) is 10.7. The number of fused-ring (bicyclic) bond motifs is 1. The summed E-state index contributed by atoms with van der Waals surface area (Å²) >= 11 is 1.39. The van der Waals surface area contributed by atoms with E-state index in [1.165, 1.54) is 11.3 Å².